The second kappa shape index (κ2) is 6.96. The molecule has 0 spiro atoms. The van der Waals surface area contributed by atoms with E-state index in [1.54, 1.807) is 0 Å². The lowest BCUT2D eigenvalue weighted by Gasteiger charge is -2.20. The molecule has 0 saturated heterocycles. The zero-order valence-electron chi connectivity index (χ0n) is 11.3. The predicted octanol–water partition coefficient (Wildman–Crippen LogP) is -0.125. The first-order valence-corrected chi connectivity index (χ1v) is 6.38. The van der Waals surface area contributed by atoms with E-state index in [2.05, 4.69) is 10.6 Å². The molecule has 1 aliphatic carbocycles. The molecule has 0 heterocycles. The van der Waals surface area contributed by atoms with Gasteiger partial charge < -0.3 is 20.6 Å². The lowest BCUT2D eigenvalue weighted by atomic mass is 9.96. The van der Waals surface area contributed by atoms with E-state index in [0.717, 1.165) is 12.8 Å². The second-order valence-electron chi connectivity index (χ2n) is 4.85. The van der Waals surface area contributed by atoms with E-state index >= 15 is 0 Å². The first-order valence-electron chi connectivity index (χ1n) is 6.38. The van der Waals surface area contributed by atoms with Crippen molar-refractivity contribution < 1.29 is 19.5 Å². The SMILES string of the molecule is CNC(=O)CN(C)C(=O)NCC1CCCC1C(=O)O. The van der Waals surface area contributed by atoms with Crippen LogP contribution in [0.3, 0.4) is 0 Å². The van der Waals surface area contributed by atoms with E-state index in [1.165, 1.54) is 19.0 Å². The Morgan fingerprint density at radius 3 is 2.58 bits per heavy atom. The summed E-state index contributed by atoms with van der Waals surface area (Å²) < 4.78 is 0. The number of carboxylic acid groups (broad SMARTS) is 1. The van der Waals surface area contributed by atoms with E-state index in [-0.39, 0.29) is 30.3 Å². The van der Waals surface area contributed by atoms with Crippen LogP contribution < -0.4 is 10.6 Å². The Labute approximate surface area is 112 Å². The molecule has 7 heteroatoms. The zero-order valence-corrected chi connectivity index (χ0v) is 11.3. The normalized spacial score (nSPS) is 21.8. The van der Waals surface area contributed by atoms with Crippen molar-refractivity contribution >= 4 is 17.9 Å². The van der Waals surface area contributed by atoms with Gasteiger partial charge >= 0.3 is 12.0 Å². The molecule has 3 amide bonds. The van der Waals surface area contributed by atoms with Crippen molar-refractivity contribution in [3.63, 3.8) is 0 Å². The van der Waals surface area contributed by atoms with Crippen LogP contribution in [0.25, 0.3) is 0 Å². The van der Waals surface area contributed by atoms with E-state index in [9.17, 15) is 14.4 Å². The summed E-state index contributed by atoms with van der Waals surface area (Å²) in [7, 11) is 3.03. The number of carbonyl (C=O) groups is 3. The summed E-state index contributed by atoms with van der Waals surface area (Å²) in [4.78, 5) is 35.1. The number of rotatable bonds is 5. The standard InChI is InChI=1S/C12H21N3O4/c1-13-10(16)7-15(2)12(19)14-6-8-4-3-5-9(8)11(17)18/h8-9H,3-7H2,1-2H3,(H,13,16)(H,14,19)(H,17,18). The van der Waals surface area contributed by atoms with Gasteiger partial charge in [0.15, 0.2) is 0 Å². The molecule has 0 aromatic carbocycles. The van der Waals surface area contributed by atoms with Gasteiger partial charge in [0.2, 0.25) is 5.91 Å². The molecule has 3 N–H and O–H groups in total. The summed E-state index contributed by atoms with van der Waals surface area (Å²) >= 11 is 0. The maximum absolute atomic E-state index is 11.7. The van der Waals surface area contributed by atoms with Crippen LogP contribution in [0.4, 0.5) is 4.79 Å². The van der Waals surface area contributed by atoms with Gasteiger partial charge in [-0.3, -0.25) is 9.59 Å². The number of carboxylic acids is 1. The Morgan fingerprint density at radius 1 is 1.32 bits per heavy atom. The number of nitrogens with one attached hydrogen (secondary N) is 2. The van der Waals surface area contributed by atoms with Gasteiger partial charge in [-0.15, -0.1) is 0 Å². The molecular weight excluding hydrogens is 250 g/mol. The molecule has 108 valence electrons. The van der Waals surface area contributed by atoms with Crippen molar-refractivity contribution in [2.45, 2.75) is 19.3 Å². The molecule has 1 saturated carbocycles. The van der Waals surface area contributed by atoms with Crippen LogP contribution >= 0.6 is 0 Å². The van der Waals surface area contributed by atoms with Crippen molar-refractivity contribution in [2.24, 2.45) is 11.8 Å². The van der Waals surface area contributed by atoms with Gasteiger partial charge in [0.1, 0.15) is 6.54 Å². The molecule has 1 rings (SSSR count). The monoisotopic (exact) mass is 271 g/mol. The van der Waals surface area contributed by atoms with Crippen molar-refractivity contribution in [1.82, 2.24) is 15.5 Å². The molecule has 0 radical (unpaired) electrons. The number of likely N-dealkylation sites (N-methyl/N-ethyl adjacent to an activating group) is 2. The molecule has 1 fully saturated rings. The van der Waals surface area contributed by atoms with Crippen LogP contribution in [-0.4, -0.2) is 55.1 Å². The van der Waals surface area contributed by atoms with Gasteiger partial charge in [-0.25, -0.2) is 4.79 Å². The molecule has 0 aromatic heterocycles. The molecule has 7 nitrogen and oxygen atoms in total. The third-order valence-corrected chi connectivity index (χ3v) is 3.50. The molecule has 1 aliphatic rings. The van der Waals surface area contributed by atoms with Gasteiger partial charge in [0.05, 0.1) is 5.92 Å². The number of urea groups is 1. The smallest absolute Gasteiger partial charge is 0.317 e. The van der Waals surface area contributed by atoms with E-state index in [4.69, 9.17) is 5.11 Å². The minimum absolute atomic E-state index is 0.0185. The third-order valence-electron chi connectivity index (χ3n) is 3.50. The highest BCUT2D eigenvalue weighted by molar-refractivity contribution is 5.83. The Morgan fingerprint density at radius 2 is 2.00 bits per heavy atom. The van der Waals surface area contributed by atoms with E-state index in [1.807, 2.05) is 0 Å². The average Bonchev–Trinajstić information content (AvgIpc) is 2.83. The Hall–Kier alpha value is -1.79. The minimum Gasteiger partial charge on any atom is -0.481 e. The average molecular weight is 271 g/mol. The quantitative estimate of drug-likeness (QED) is 0.649. The lowest BCUT2D eigenvalue weighted by molar-refractivity contribution is -0.142. The van der Waals surface area contributed by atoms with Crippen molar-refractivity contribution in [3.8, 4) is 0 Å². The summed E-state index contributed by atoms with van der Waals surface area (Å²) in [6.07, 6.45) is 2.37. The first-order chi connectivity index (χ1) is 8.95. The fourth-order valence-electron chi connectivity index (χ4n) is 2.33. The second-order valence-corrected chi connectivity index (χ2v) is 4.85. The van der Waals surface area contributed by atoms with Crippen LogP contribution in [0.15, 0.2) is 0 Å². The van der Waals surface area contributed by atoms with Crippen LogP contribution in [0.5, 0.6) is 0 Å². The highest BCUT2D eigenvalue weighted by atomic mass is 16.4. The molecular formula is C12H21N3O4. The Bertz CT molecular complexity index is 359. The van der Waals surface area contributed by atoms with Gasteiger partial charge in [0.25, 0.3) is 0 Å². The fraction of sp³-hybridized carbons (Fsp3) is 0.750. The van der Waals surface area contributed by atoms with Gasteiger partial charge in [-0.05, 0) is 18.8 Å². The maximum Gasteiger partial charge on any atom is 0.317 e. The number of hydrogen-bond donors (Lipinski definition) is 3. The van der Waals surface area contributed by atoms with Crippen LogP contribution in [-0.2, 0) is 9.59 Å². The van der Waals surface area contributed by atoms with Crippen molar-refractivity contribution in [3.05, 3.63) is 0 Å². The number of aliphatic carboxylic acids is 1. The van der Waals surface area contributed by atoms with E-state index < -0.39 is 5.97 Å². The predicted molar refractivity (Wildman–Crippen MR) is 68.6 cm³/mol. The largest absolute Gasteiger partial charge is 0.481 e. The maximum atomic E-state index is 11.7. The van der Waals surface area contributed by atoms with Crippen molar-refractivity contribution in [2.75, 3.05) is 27.2 Å². The number of nitrogens with zero attached hydrogens (tertiary/aromatic N) is 1. The fourth-order valence-corrected chi connectivity index (χ4v) is 2.33. The molecule has 19 heavy (non-hydrogen) atoms. The molecule has 0 bridgehead atoms. The van der Waals surface area contributed by atoms with Crippen LogP contribution in [0.2, 0.25) is 0 Å². The number of carbonyl (C=O) groups excluding carboxylic acids is 2. The Kier molecular flexibility index (Phi) is 5.59. The number of amides is 3. The van der Waals surface area contributed by atoms with Crippen LogP contribution in [0, 0.1) is 11.8 Å². The van der Waals surface area contributed by atoms with Crippen molar-refractivity contribution in [1.29, 1.82) is 0 Å². The van der Waals surface area contributed by atoms with E-state index in [0.29, 0.717) is 13.0 Å². The first kappa shape index (κ1) is 15.3. The van der Waals surface area contributed by atoms with Gasteiger partial charge in [-0.2, -0.15) is 0 Å². The highest BCUT2D eigenvalue weighted by Gasteiger charge is 2.33. The summed E-state index contributed by atoms with van der Waals surface area (Å²) in [5.41, 5.74) is 0. The molecule has 0 aromatic rings. The summed E-state index contributed by atoms with van der Waals surface area (Å²) in [6.45, 7) is 0.323. The van der Waals surface area contributed by atoms with Gasteiger partial charge in [0, 0.05) is 20.6 Å². The molecule has 2 unspecified atom stereocenters. The van der Waals surface area contributed by atoms with Gasteiger partial charge in [-0.1, -0.05) is 6.42 Å². The lowest BCUT2D eigenvalue weighted by Crippen LogP contribution is -2.44. The zero-order chi connectivity index (χ0) is 14.4. The molecule has 2 atom stereocenters. The third kappa shape index (κ3) is 4.42. The van der Waals surface area contributed by atoms with Crippen LogP contribution in [0.1, 0.15) is 19.3 Å². The summed E-state index contributed by atoms with van der Waals surface area (Å²) in [5, 5.41) is 14.1. The topological polar surface area (TPSA) is 98.7 Å². The number of hydrogen-bond acceptors (Lipinski definition) is 3. The Balaban J connectivity index is 2.37. The molecule has 0 aliphatic heterocycles. The highest BCUT2D eigenvalue weighted by Crippen LogP contribution is 2.31. The summed E-state index contributed by atoms with van der Waals surface area (Å²) in [6, 6.07) is -0.361. The summed E-state index contributed by atoms with van der Waals surface area (Å²) in [5.74, 6) is -1.43. The minimum atomic E-state index is -0.796.